The van der Waals surface area contributed by atoms with Crippen molar-refractivity contribution in [1.29, 1.82) is 0 Å². The van der Waals surface area contributed by atoms with E-state index in [1.807, 2.05) is 0 Å². The van der Waals surface area contributed by atoms with E-state index in [1.165, 1.54) is 10.8 Å². The highest BCUT2D eigenvalue weighted by Crippen LogP contribution is 2.46. The summed E-state index contributed by atoms with van der Waals surface area (Å²) in [5, 5.41) is 0.825. The largest absolute Gasteiger partial charge is 0.460 e. The van der Waals surface area contributed by atoms with Gasteiger partial charge in [0.05, 0.1) is 11.1 Å². The Bertz CT molecular complexity index is 786. The van der Waals surface area contributed by atoms with Gasteiger partial charge in [0.1, 0.15) is 0 Å². The van der Waals surface area contributed by atoms with E-state index in [0.717, 1.165) is 15.5 Å². The molecule has 1 aromatic carbocycles. The summed E-state index contributed by atoms with van der Waals surface area (Å²) in [6, 6.07) is 6.71. The molecule has 0 spiro atoms. The third-order valence-electron chi connectivity index (χ3n) is 3.69. The molecule has 23 heavy (non-hydrogen) atoms. The third-order valence-corrected chi connectivity index (χ3v) is 3.69. The van der Waals surface area contributed by atoms with Gasteiger partial charge in [0.15, 0.2) is 6.21 Å². The van der Waals surface area contributed by atoms with E-state index in [4.69, 9.17) is 0 Å². The highest BCUT2D eigenvalue weighted by atomic mass is 19.4. The molecule has 0 saturated carbocycles. The van der Waals surface area contributed by atoms with Gasteiger partial charge in [0, 0.05) is 11.6 Å². The van der Waals surface area contributed by atoms with Crippen LogP contribution in [0.2, 0.25) is 0 Å². The molecule has 0 atom stereocenters. The zero-order valence-electron chi connectivity index (χ0n) is 11.4. The monoisotopic (exact) mass is 339 g/mol. The van der Waals surface area contributed by atoms with Gasteiger partial charge in [-0.2, -0.15) is 30.7 Å². The number of aromatic nitrogens is 1. The first-order chi connectivity index (χ1) is 10.5. The molecule has 3 rings (SSSR count). The summed E-state index contributed by atoms with van der Waals surface area (Å²) in [5.74, 6) is -11.4. The van der Waals surface area contributed by atoms with Crippen molar-refractivity contribution in [3.8, 4) is 0 Å². The number of alkyl halides is 7. The van der Waals surface area contributed by atoms with Crippen LogP contribution in [0.1, 0.15) is 5.56 Å². The molecule has 2 nitrogen and oxygen atoms in total. The molecule has 0 radical (unpaired) electrons. The summed E-state index contributed by atoms with van der Waals surface area (Å²) in [4.78, 5) is 0. The SMILES string of the molecule is FC(F)(F)C(F)(F)C(F)(F)C[N+]1=Cc2cccc3ccn(c23)C1. The van der Waals surface area contributed by atoms with E-state index < -0.39 is 24.6 Å². The molecule has 0 N–H and O–H groups in total. The molecule has 124 valence electrons. The summed E-state index contributed by atoms with van der Waals surface area (Å²) in [5.41, 5.74) is 1.19. The maximum atomic E-state index is 13.5. The molecule has 2 aromatic rings. The van der Waals surface area contributed by atoms with Gasteiger partial charge in [-0.05, 0) is 12.1 Å². The number of hydrogen-bond donors (Lipinski definition) is 0. The Labute approximate surface area is 125 Å². The summed E-state index contributed by atoms with van der Waals surface area (Å²) in [7, 11) is 0. The van der Waals surface area contributed by atoms with Crippen LogP contribution in [0.4, 0.5) is 30.7 Å². The number of nitrogens with zero attached hydrogens (tertiary/aromatic N) is 2. The maximum Gasteiger partial charge on any atom is 0.460 e. The van der Waals surface area contributed by atoms with Crippen molar-refractivity contribution in [2.75, 3.05) is 6.54 Å². The lowest BCUT2D eigenvalue weighted by molar-refractivity contribution is -0.585. The van der Waals surface area contributed by atoms with Gasteiger partial charge >= 0.3 is 18.0 Å². The van der Waals surface area contributed by atoms with Crippen molar-refractivity contribution in [2.45, 2.75) is 24.7 Å². The van der Waals surface area contributed by atoms with Crippen LogP contribution in [0.3, 0.4) is 0 Å². The van der Waals surface area contributed by atoms with Gasteiger partial charge < -0.3 is 0 Å². The Hall–Kier alpha value is -2.06. The predicted molar refractivity (Wildman–Crippen MR) is 68.2 cm³/mol. The van der Waals surface area contributed by atoms with Crippen LogP contribution in [-0.2, 0) is 6.67 Å². The van der Waals surface area contributed by atoms with Crippen molar-refractivity contribution in [2.24, 2.45) is 0 Å². The molecule has 1 aliphatic rings. The van der Waals surface area contributed by atoms with E-state index in [0.29, 0.717) is 5.56 Å². The number of hydrogen-bond acceptors (Lipinski definition) is 0. The van der Waals surface area contributed by atoms with Crippen LogP contribution >= 0.6 is 0 Å². The average Bonchev–Trinajstić information content (AvgIpc) is 2.82. The minimum Gasteiger partial charge on any atom is -0.291 e. The van der Waals surface area contributed by atoms with E-state index in [1.54, 1.807) is 30.5 Å². The lowest BCUT2D eigenvalue weighted by Gasteiger charge is -2.27. The fourth-order valence-electron chi connectivity index (χ4n) is 2.60. The second-order valence-electron chi connectivity index (χ2n) is 5.36. The lowest BCUT2D eigenvalue weighted by atomic mass is 10.1. The molecule has 2 heterocycles. The molecule has 0 aliphatic carbocycles. The fraction of sp³-hybridized carbons (Fsp3) is 0.357. The minimum atomic E-state index is -6.31. The van der Waals surface area contributed by atoms with Gasteiger partial charge in [-0.3, -0.25) is 4.57 Å². The standard InChI is InChI=1S/C14H10F7N2/c15-12(16,13(17,18)14(19,20)21)7-22-6-10-3-1-2-9-4-5-23(8-22)11(9)10/h1-6H,7-8H2/q+1. The summed E-state index contributed by atoms with van der Waals surface area (Å²) in [6.45, 7) is -1.97. The summed E-state index contributed by atoms with van der Waals surface area (Å²) in [6.07, 6.45) is -3.58. The Morgan fingerprint density at radius 3 is 2.35 bits per heavy atom. The predicted octanol–water partition coefficient (Wildman–Crippen LogP) is 3.88. The van der Waals surface area contributed by atoms with Gasteiger partial charge in [0.25, 0.3) is 0 Å². The van der Waals surface area contributed by atoms with Crippen molar-refractivity contribution < 1.29 is 35.3 Å². The molecular formula is C14H10F7N2+. The molecule has 0 bridgehead atoms. The first kappa shape index (κ1) is 15.8. The fourth-order valence-corrected chi connectivity index (χ4v) is 2.60. The Kier molecular flexibility index (Phi) is 3.24. The average molecular weight is 339 g/mol. The topological polar surface area (TPSA) is 7.94 Å². The van der Waals surface area contributed by atoms with Crippen molar-refractivity contribution >= 4 is 17.1 Å². The van der Waals surface area contributed by atoms with Crippen molar-refractivity contribution in [1.82, 2.24) is 4.57 Å². The lowest BCUT2D eigenvalue weighted by Crippen LogP contribution is -2.56. The van der Waals surface area contributed by atoms with Crippen LogP contribution in [0, 0.1) is 0 Å². The Balaban J connectivity index is 1.94. The molecule has 0 fully saturated rings. The zero-order chi connectivity index (χ0) is 17.0. The first-order valence-electron chi connectivity index (χ1n) is 6.52. The van der Waals surface area contributed by atoms with Gasteiger partial charge in [0.2, 0.25) is 13.2 Å². The number of halogens is 7. The van der Waals surface area contributed by atoms with Gasteiger partial charge in [-0.25, -0.2) is 4.58 Å². The van der Waals surface area contributed by atoms with Gasteiger partial charge in [-0.1, -0.05) is 12.1 Å². The molecule has 0 amide bonds. The van der Waals surface area contributed by atoms with Crippen LogP contribution in [0.15, 0.2) is 30.5 Å². The number of rotatable bonds is 3. The Morgan fingerprint density at radius 1 is 1.00 bits per heavy atom. The summed E-state index contributed by atoms with van der Waals surface area (Å²) >= 11 is 0. The molecule has 0 unspecified atom stereocenters. The molecule has 1 aromatic heterocycles. The summed E-state index contributed by atoms with van der Waals surface area (Å²) < 4.78 is 91.9. The first-order valence-corrected chi connectivity index (χ1v) is 6.52. The molecule has 9 heteroatoms. The highest BCUT2D eigenvalue weighted by molar-refractivity contribution is 5.97. The van der Waals surface area contributed by atoms with Crippen LogP contribution in [-0.4, -0.2) is 39.9 Å². The molecule has 0 saturated heterocycles. The zero-order valence-corrected chi connectivity index (χ0v) is 11.4. The Morgan fingerprint density at radius 2 is 1.70 bits per heavy atom. The minimum absolute atomic E-state index is 0.232. The second kappa shape index (κ2) is 4.72. The van der Waals surface area contributed by atoms with Crippen molar-refractivity contribution in [3.05, 3.63) is 36.0 Å². The quantitative estimate of drug-likeness (QED) is 0.592. The number of benzene rings is 1. The molecule has 1 aliphatic heterocycles. The van der Waals surface area contributed by atoms with Gasteiger partial charge in [-0.15, -0.1) is 0 Å². The maximum absolute atomic E-state index is 13.5. The van der Waals surface area contributed by atoms with E-state index in [2.05, 4.69) is 0 Å². The van der Waals surface area contributed by atoms with Crippen LogP contribution < -0.4 is 0 Å². The smallest absolute Gasteiger partial charge is 0.291 e. The highest BCUT2D eigenvalue weighted by Gasteiger charge is 2.74. The second-order valence-corrected chi connectivity index (χ2v) is 5.36. The van der Waals surface area contributed by atoms with E-state index in [-0.39, 0.29) is 6.67 Å². The normalized spacial score (nSPS) is 15.9. The van der Waals surface area contributed by atoms with Crippen molar-refractivity contribution in [3.63, 3.8) is 0 Å². The third kappa shape index (κ3) is 2.38. The van der Waals surface area contributed by atoms with Crippen LogP contribution in [0.25, 0.3) is 10.9 Å². The van der Waals surface area contributed by atoms with E-state index in [9.17, 15) is 30.7 Å². The number of para-hydroxylation sites is 1. The van der Waals surface area contributed by atoms with Crippen LogP contribution in [0.5, 0.6) is 0 Å². The van der Waals surface area contributed by atoms with E-state index >= 15 is 0 Å². The molecular weight excluding hydrogens is 329 g/mol.